The summed E-state index contributed by atoms with van der Waals surface area (Å²) in [6, 6.07) is 7.58. The van der Waals surface area contributed by atoms with Crippen LogP contribution >= 0.6 is 0 Å². The van der Waals surface area contributed by atoms with E-state index in [9.17, 15) is 13.2 Å². The van der Waals surface area contributed by atoms with E-state index in [1.165, 1.54) is 0 Å². The van der Waals surface area contributed by atoms with Crippen molar-refractivity contribution in [1.29, 1.82) is 0 Å². The van der Waals surface area contributed by atoms with Crippen molar-refractivity contribution < 1.29 is 13.2 Å². The lowest BCUT2D eigenvalue weighted by atomic mass is 10.3. The minimum atomic E-state index is -3.42. The highest BCUT2D eigenvalue weighted by Crippen LogP contribution is 2.20. The maximum Gasteiger partial charge on any atom is 0.241 e. The van der Waals surface area contributed by atoms with E-state index in [2.05, 4.69) is 10.3 Å². The van der Waals surface area contributed by atoms with E-state index < -0.39 is 26.7 Å². The molecular formula is C15H21N3O3S. The Morgan fingerprint density at radius 2 is 2.00 bits per heavy atom. The largest absolute Gasteiger partial charge is 0.310 e. The molecule has 0 aliphatic carbocycles. The number of aryl methyl sites for hydroxylation is 1. The molecule has 0 bridgehead atoms. The van der Waals surface area contributed by atoms with E-state index in [0.29, 0.717) is 12.5 Å². The number of benzene rings is 1. The fraction of sp³-hybridized carbons (Fsp3) is 0.467. The third-order valence-corrected chi connectivity index (χ3v) is 5.50. The summed E-state index contributed by atoms with van der Waals surface area (Å²) >= 11 is 0. The molecule has 1 amide bonds. The van der Waals surface area contributed by atoms with Gasteiger partial charge in [0.25, 0.3) is 0 Å². The predicted molar refractivity (Wildman–Crippen MR) is 87.6 cm³/mol. The van der Waals surface area contributed by atoms with E-state index in [4.69, 9.17) is 0 Å². The van der Waals surface area contributed by atoms with E-state index >= 15 is 0 Å². The molecule has 0 aliphatic rings. The van der Waals surface area contributed by atoms with Gasteiger partial charge in [0, 0.05) is 6.54 Å². The van der Waals surface area contributed by atoms with Crippen LogP contribution in [0.25, 0.3) is 11.0 Å². The summed E-state index contributed by atoms with van der Waals surface area (Å²) in [7, 11) is -3.42. The second kappa shape index (κ2) is 6.48. The van der Waals surface area contributed by atoms with Gasteiger partial charge < -0.3 is 4.57 Å². The highest BCUT2D eigenvalue weighted by molar-refractivity contribution is 7.92. The fourth-order valence-corrected chi connectivity index (χ4v) is 2.90. The van der Waals surface area contributed by atoms with Crippen LogP contribution in [-0.2, 0) is 21.2 Å². The number of fused-ring (bicyclic) bond motifs is 1. The Kier molecular flexibility index (Phi) is 4.85. The first kappa shape index (κ1) is 16.5. The molecule has 0 unspecified atom stereocenters. The molecule has 1 heterocycles. The van der Waals surface area contributed by atoms with E-state index in [1.807, 2.05) is 35.8 Å². The van der Waals surface area contributed by atoms with Gasteiger partial charge in [-0.05, 0) is 32.4 Å². The number of carbonyl (C=O) groups is 1. The average Bonchev–Trinajstić information content (AvgIpc) is 2.76. The maximum atomic E-state index is 12.0. The summed E-state index contributed by atoms with van der Waals surface area (Å²) in [6.45, 7) is 5.86. The van der Waals surface area contributed by atoms with Crippen LogP contribution in [0, 0.1) is 0 Å². The molecule has 6 nitrogen and oxygen atoms in total. The van der Waals surface area contributed by atoms with Gasteiger partial charge in [-0.1, -0.05) is 19.1 Å². The molecule has 0 saturated carbocycles. The third-order valence-electron chi connectivity index (χ3n) is 3.40. The summed E-state index contributed by atoms with van der Waals surface area (Å²) in [5.41, 5.74) is 1.70. The van der Waals surface area contributed by atoms with Gasteiger partial charge in [-0.3, -0.25) is 10.1 Å². The zero-order valence-electron chi connectivity index (χ0n) is 13.0. The number of hydrogen-bond acceptors (Lipinski definition) is 4. The molecule has 1 N–H and O–H groups in total. The summed E-state index contributed by atoms with van der Waals surface area (Å²) < 4.78 is 25.5. The second-order valence-corrected chi connectivity index (χ2v) is 8.04. The quantitative estimate of drug-likeness (QED) is 0.883. The van der Waals surface area contributed by atoms with Crippen molar-refractivity contribution in [2.45, 2.75) is 39.0 Å². The van der Waals surface area contributed by atoms with Gasteiger partial charge in [-0.25, -0.2) is 13.4 Å². The summed E-state index contributed by atoms with van der Waals surface area (Å²) in [6.07, 6.45) is 0.882. The van der Waals surface area contributed by atoms with Crippen molar-refractivity contribution in [2.75, 3.05) is 11.1 Å². The molecule has 0 aliphatic heterocycles. The molecule has 0 atom stereocenters. The van der Waals surface area contributed by atoms with E-state index in [1.54, 1.807) is 13.8 Å². The van der Waals surface area contributed by atoms with Crippen LogP contribution < -0.4 is 5.32 Å². The lowest BCUT2D eigenvalue weighted by molar-refractivity contribution is -0.114. The van der Waals surface area contributed by atoms with Crippen molar-refractivity contribution in [1.82, 2.24) is 9.55 Å². The first-order chi connectivity index (χ1) is 10.3. The number of para-hydroxylation sites is 2. The predicted octanol–water partition coefficient (Wildman–Crippen LogP) is 2.21. The third kappa shape index (κ3) is 3.47. The Morgan fingerprint density at radius 1 is 1.32 bits per heavy atom. The Bertz CT molecular complexity index is 778. The molecule has 2 aromatic rings. The van der Waals surface area contributed by atoms with Crippen LogP contribution in [0.2, 0.25) is 0 Å². The number of nitrogens with one attached hydrogen (secondary N) is 1. The topological polar surface area (TPSA) is 81.1 Å². The first-order valence-electron chi connectivity index (χ1n) is 7.32. The molecule has 1 aromatic heterocycles. The number of carbonyl (C=O) groups excluding carboxylic acids is 1. The van der Waals surface area contributed by atoms with Gasteiger partial charge in [0.1, 0.15) is 5.75 Å². The van der Waals surface area contributed by atoms with Crippen LogP contribution in [0.3, 0.4) is 0 Å². The number of rotatable bonds is 6. The molecular weight excluding hydrogens is 302 g/mol. The fourth-order valence-electron chi connectivity index (χ4n) is 2.13. The SMILES string of the molecule is CCCn1c(NC(=O)CS(=O)(=O)C(C)C)nc2ccccc21. The normalized spacial score (nSPS) is 12.0. The van der Waals surface area contributed by atoms with Crippen molar-refractivity contribution in [3.63, 3.8) is 0 Å². The van der Waals surface area contributed by atoms with Crippen LogP contribution in [0.5, 0.6) is 0 Å². The number of anilines is 1. The highest BCUT2D eigenvalue weighted by atomic mass is 32.2. The molecule has 0 spiro atoms. The zero-order chi connectivity index (χ0) is 16.3. The molecule has 0 saturated heterocycles. The molecule has 0 fully saturated rings. The van der Waals surface area contributed by atoms with Gasteiger partial charge in [-0.15, -0.1) is 0 Å². The van der Waals surface area contributed by atoms with Gasteiger partial charge in [0.2, 0.25) is 11.9 Å². The number of sulfone groups is 1. The standard InChI is InChI=1S/C15H21N3O3S/c1-4-9-18-13-8-6-5-7-12(13)16-15(18)17-14(19)10-22(20,21)11(2)3/h5-8,11H,4,9-10H2,1-3H3,(H,16,17,19). The smallest absolute Gasteiger partial charge is 0.241 e. The van der Waals surface area contributed by atoms with Gasteiger partial charge in [0.15, 0.2) is 9.84 Å². The molecule has 120 valence electrons. The number of aromatic nitrogens is 2. The lowest BCUT2D eigenvalue weighted by Gasteiger charge is -2.10. The van der Waals surface area contributed by atoms with Crippen LogP contribution in [0.15, 0.2) is 24.3 Å². The average molecular weight is 323 g/mol. The van der Waals surface area contributed by atoms with E-state index in [-0.39, 0.29) is 0 Å². The minimum absolute atomic E-state index is 0.395. The van der Waals surface area contributed by atoms with Crippen molar-refractivity contribution in [3.8, 4) is 0 Å². The minimum Gasteiger partial charge on any atom is -0.310 e. The zero-order valence-corrected chi connectivity index (χ0v) is 13.9. The maximum absolute atomic E-state index is 12.0. The number of nitrogens with zero attached hydrogens (tertiary/aromatic N) is 2. The number of hydrogen-bond donors (Lipinski definition) is 1. The lowest BCUT2D eigenvalue weighted by Crippen LogP contribution is -2.28. The van der Waals surface area contributed by atoms with E-state index in [0.717, 1.165) is 17.5 Å². The molecule has 1 aromatic carbocycles. The van der Waals surface area contributed by atoms with Crippen LogP contribution in [0.4, 0.5) is 5.95 Å². The van der Waals surface area contributed by atoms with Crippen molar-refractivity contribution in [3.05, 3.63) is 24.3 Å². The van der Waals surface area contributed by atoms with Crippen LogP contribution in [0.1, 0.15) is 27.2 Å². The van der Waals surface area contributed by atoms with Crippen LogP contribution in [-0.4, -0.2) is 34.9 Å². The Hall–Kier alpha value is -1.89. The monoisotopic (exact) mass is 323 g/mol. The summed E-state index contributed by atoms with van der Waals surface area (Å²) in [5, 5.41) is 2.05. The van der Waals surface area contributed by atoms with Gasteiger partial charge in [-0.2, -0.15) is 0 Å². The molecule has 0 radical (unpaired) electrons. The summed E-state index contributed by atoms with van der Waals surface area (Å²) in [4.78, 5) is 16.4. The highest BCUT2D eigenvalue weighted by Gasteiger charge is 2.22. The number of imidazole rings is 1. The molecule has 2 rings (SSSR count). The molecule has 7 heteroatoms. The van der Waals surface area contributed by atoms with Gasteiger partial charge in [0.05, 0.1) is 16.3 Å². The molecule has 22 heavy (non-hydrogen) atoms. The Labute approximate surface area is 130 Å². The second-order valence-electron chi connectivity index (χ2n) is 5.48. The summed E-state index contributed by atoms with van der Waals surface area (Å²) in [5.74, 6) is -0.687. The Morgan fingerprint density at radius 3 is 2.64 bits per heavy atom. The van der Waals surface area contributed by atoms with Gasteiger partial charge >= 0.3 is 0 Å². The van der Waals surface area contributed by atoms with Crippen molar-refractivity contribution in [2.24, 2.45) is 0 Å². The number of amides is 1. The Balaban J connectivity index is 2.27. The first-order valence-corrected chi connectivity index (χ1v) is 9.03. The van der Waals surface area contributed by atoms with Crippen molar-refractivity contribution >= 4 is 32.7 Å².